The minimum Gasteiger partial charge on any atom is -0.462 e. The lowest BCUT2D eigenvalue weighted by molar-refractivity contribution is 0.0527. The molecule has 142 valence electrons. The minimum atomic E-state index is -0.477. The smallest absolute Gasteiger partial charge is 0.340 e. The van der Waals surface area contributed by atoms with Gasteiger partial charge in [0.05, 0.1) is 23.4 Å². The van der Waals surface area contributed by atoms with Crippen molar-refractivity contribution in [2.75, 3.05) is 17.2 Å². The molecule has 1 heterocycles. The monoisotopic (exact) mass is 375 g/mol. The zero-order valence-electron chi connectivity index (χ0n) is 15.7. The van der Waals surface area contributed by atoms with Crippen LogP contribution in [0, 0.1) is 6.92 Å². The SMILES string of the molecule is CCOC(=O)c1ccccc1NC(=O)c1ccc(Nc2ccccc2C)nc1. The molecular weight excluding hydrogens is 354 g/mol. The molecule has 1 amide bonds. The molecule has 2 aromatic carbocycles. The van der Waals surface area contributed by atoms with Crippen molar-refractivity contribution in [1.29, 1.82) is 0 Å². The van der Waals surface area contributed by atoms with Crippen molar-refractivity contribution in [3.05, 3.63) is 83.6 Å². The van der Waals surface area contributed by atoms with Gasteiger partial charge in [0.25, 0.3) is 5.91 Å². The molecule has 0 aliphatic heterocycles. The van der Waals surface area contributed by atoms with Crippen LogP contribution in [0.1, 0.15) is 33.2 Å². The maximum absolute atomic E-state index is 12.5. The molecule has 0 saturated carbocycles. The Morgan fingerprint density at radius 2 is 1.68 bits per heavy atom. The summed E-state index contributed by atoms with van der Waals surface area (Å²) < 4.78 is 5.03. The second kappa shape index (κ2) is 8.81. The molecule has 0 fully saturated rings. The van der Waals surface area contributed by atoms with Crippen LogP contribution in [0.4, 0.5) is 17.2 Å². The summed E-state index contributed by atoms with van der Waals surface area (Å²) in [5.74, 6) is -0.196. The molecule has 28 heavy (non-hydrogen) atoms. The van der Waals surface area contributed by atoms with E-state index >= 15 is 0 Å². The second-order valence-corrected chi connectivity index (χ2v) is 6.09. The number of hydrogen-bond acceptors (Lipinski definition) is 5. The summed E-state index contributed by atoms with van der Waals surface area (Å²) in [6.45, 7) is 4.00. The number of nitrogens with one attached hydrogen (secondary N) is 2. The van der Waals surface area contributed by atoms with E-state index in [1.54, 1.807) is 43.3 Å². The molecule has 0 unspecified atom stereocenters. The fraction of sp³-hybridized carbons (Fsp3) is 0.136. The number of aromatic nitrogens is 1. The van der Waals surface area contributed by atoms with Gasteiger partial charge in [-0.3, -0.25) is 4.79 Å². The number of anilines is 3. The van der Waals surface area contributed by atoms with Crippen LogP contribution in [0.15, 0.2) is 66.9 Å². The number of amides is 1. The highest BCUT2D eigenvalue weighted by Crippen LogP contribution is 2.20. The zero-order chi connectivity index (χ0) is 19.9. The van der Waals surface area contributed by atoms with Gasteiger partial charge in [0.15, 0.2) is 0 Å². The summed E-state index contributed by atoms with van der Waals surface area (Å²) in [5.41, 5.74) is 3.14. The quantitative estimate of drug-likeness (QED) is 0.617. The first-order valence-corrected chi connectivity index (χ1v) is 8.94. The van der Waals surface area contributed by atoms with Crippen LogP contribution < -0.4 is 10.6 Å². The van der Waals surface area contributed by atoms with E-state index in [4.69, 9.17) is 4.74 Å². The highest BCUT2D eigenvalue weighted by atomic mass is 16.5. The predicted molar refractivity (Wildman–Crippen MR) is 109 cm³/mol. The van der Waals surface area contributed by atoms with E-state index in [1.165, 1.54) is 6.20 Å². The van der Waals surface area contributed by atoms with Gasteiger partial charge in [-0.05, 0) is 49.7 Å². The van der Waals surface area contributed by atoms with E-state index in [0.29, 0.717) is 22.6 Å². The summed E-state index contributed by atoms with van der Waals surface area (Å²) in [6, 6.07) is 18.0. The van der Waals surface area contributed by atoms with Gasteiger partial charge in [0, 0.05) is 11.9 Å². The highest BCUT2D eigenvalue weighted by Gasteiger charge is 2.15. The van der Waals surface area contributed by atoms with Gasteiger partial charge in [-0.25, -0.2) is 9.78 Å². The van der Waals surface area contributed by atoms with Crippen LogP contribution in [-0.4, -0.2) is 23.5 Å². The summed E-state index contributed by atoms with van der Waals surface area (Å²) in [7, 11) is 0. The fourth-order valence-electron chi connectivity index (χ4n) is 2.63. The molecule has 0 aliphatic rings. The number of carbonyl (C=O) groups excluding carboxylic acids is 2. The molecule has 0 bridgehead atoms. The number of para-hydroxylation sites is 2. The summed E-state index contributed by atoms with van der Waals surface area (Å²) in [5, 5.41) is 5.97. The van der Waals surface area contributed by atoms with E-state index in [0.717, 1.165) is 11.3 Å². The molecule has 6 heteroatoms. The number of pyridine rings is 1. The maximum Gasteiger partial charge on any atom is 0.340 e. The number of rotatable bonds is 6. The normalized spacial score (nSPS) is 10.2. The Morgan fingerprint density at radius 3 is 2.36 bits per heavy atom. The molecule has 2 N–H and O–H groups in total. The molecule has 6 nitrogen and oxygen atoms in total. The van der Waals surface area contributed by atoms with Crippen LogP contribution in [-0.2, 0) is 4.74 Å². The van der Waals surface area contributed by atoms with Gasteiger partial charge in [-0.15, -0.1) is 0 Å². The van der Waals surface area contributed by atoms with Crippen LogP contribution in [0.25, 0.3) is 0 Å². The fourth-order valence-corrected chi connectivity index (χ4v) is 2.63. The highest BCUT2D eigenvalue weighted by molar-refractivity contribution is 6.07. The number of ether oxygens (including phenoxy) is 1. The number of nitrogens with zero attached hydrogens (tertiary/aromatic N) is 1. The Bertz CT molecular complexity index is 984. The van der Waals surface area contributed by atoms with Crippen molar-refractivity contribution in [2.24, 2.45) is 0 Å². The first kappa shape index (κ1) is 19.1. The molecule has 3 rings (SSSR count). The number of hydrogen-bond donors (Lipinski definition) is 2. The van der Waals surface area contributed by atoms with E-state index in [-0.39, 0.29) is 12.5 Å². The summed E-state index contributed by atoms with van der Waals surface area (Å²) in [4.78, 5) is 28.9. The van der Waals surface area contributed by atoms with Gasteiger partial charge in [-0.1, -0.05) is 30.3 Å². The average molecular weight is 375 g/mol. The van der Waals surface area contributed by atoms with Crippen molar-refractivity contribution < 1.29 is 14.3 Å². The molecule has 1 aromatic heterocycles. The molecule has 0 aliphatic carbocycles. The average Bonchev–Trinajstić information content (AvgIpc) is 2.71. The third-order valence-corrected chi connectivity index (χ3v) is 4.10. The van der Waals surface area contributed by atoms with Crippen LogP contribution in [0.5, 0.6) is 0 Å². The van der Waals surface area contributed by atoms with E-state index in [2.05, 4.69) is 15.6 Å². The third-order valence-electron chi connectivity index (χ3n) is 4.10. The Labute approximate surface area is 163 Å². The summed E-state index contributed by atoms with van der Waals surface area (Å²) in [6.07, 6.45) is 1.49. The molecule has 0 spiro atoms. The Morgan fingerprint density at radius 1 is 0.964 bits per heavy atom. The number of benzene rings is 2. The Balaban J connectivity index is 1.72. The molecule has 0 radical (unpaired) electrons. The number of esters is 1. The first-order valence-electron chi connectivity index (χ1n) is 8.94. The van der Waals surface area contributed by atoms with E-state index in [9.17, 15) is 9.59 Å². The van der Waals surface area contributed by atoms with Gasteiger partial charge in [-0.2, -0.15) is 0 Å². The first-order chi connectivity index (χ1) is 13.6. The lowest BCUT2D eigenvalue weighted by Gasteiger charge is -2.11. The van der Waals surface area contributed by atoms with Gasteiger partial charge >= 0.3 is 5.97 Å². The molecule has 0 atom stereocenters. The predicted octanol–water partition coefficient (Wildman–Crippen LogP) is 4.56. The lowest BCUT2D eigenvalue weighted by atomic mass is 10.1. The molecule has 0 saturated heterocycles. The van der Waals surface area contributed by atoms with Crippen molar-refractivity contribution in [3.8, 4) is 0 Å². The Hall–Kier alpha value is -3.67. The number of carbonyl (C=O) groups is 2. The van der Waals surface area contributed by atoms with Crippen LogP contribution >= 0.6 is 0 Å². The van der Waals surface area contributed by atoms with Gasteiger partial charge in [0.2, 0.25) is 0 Å². The van der Waals surface area contributed by atoms with Crippen molar-refractivity contribution >= 4 is 29.1 Å². The summed E-state index contributed by atoms with van der Waals surface area (Å²) >= 11 is 0. The van der Waals surface area contributed by atoms with Gasteiger partial charge in [0.1, 0.15) is 5.82 Å². The van der Waals surface area contributed by atoms with Crippen LogP contribution in [0.2, 0.25) is 0 Å². The number of aryl methyl sites for hydroxylation is 1. The van der Waals surface area contributed by atoms with Crippen molar-refractivity contribution in [1.82, 2.24) is 4.98 Å². The lowest BCUT2D eigenvalue weighted by Crippen LogP contribution is -2.16. The molecular formula is C22H21N3O3. The topological polar surface area (TPSA) is 80.3 Å². The zero-order valence-corrected chi connectivity index (χ0v) is 15.7. The van der Waals surface area contributed by atoms with Crippen molar-refractivity contribution in [3.63, 3.8) is 0 Å². The second-order valence-electron chi connectivity index (χ2n) is 6.09. The van der Waals surface area contributed by atoms with E-state index < -0.39 is 5.97 Å². The maximum atomic E-state index is 12.5. The van der Waals surface area contributed by atoms with E-state index in [1.807, 2.05) is 31.2 Å². The van der Waals surface area contributed by atoms with Crippen molar-refractivity contribution in [2.45, 2.75) is 13.8 Å². The molecule has 3 aromatic rings. The Kier molecular flexibility index (Phi) is 6.01. The largest absolute Gasteiger partial charge is 0.462 e. The minimum absolute atomic E-state index is 0.264. The standard InChI is InChI=1S/C22H21N3O3/c1-3-28-22(27)17-9-5-7-11-19(17)25-21(26)16-12-13-20(23-14-16)24-18-10-6-4-8-15(18)2/h4-14H,3H2,1-2H3,(H,23,24)(H,25,26). The third kappa shape index (κ3) is 4.54. The van der Waals surface area contributed by atoms with Crippen LogP contribution in [0.3, 0.4) is 0 Å². The van der Waals surface area contributed by atoms with Gasteiger partial charge < -0.3 is 15.4 Å².